The summed E-state index contributed by atoms with van der Waals surface area (Å²) in [7, 11) is 1.86. The second-order valence-corrected chi connectivity index (χ2v) is 5.45. The fourth-order valence-electron chi connectivity index (χ4n) is 2.68. The van der Waals surface area contributed by atoms with Gasteiger partial charge in [0.25, 0.3) is 0 Å². The molecule has 1 aliphatic carbocycles. The normalized spacial score (nSPS) is 15.0. The molecular weight excluding hydrogens is 268 g/mol. The number of aryl methyl sites for hydroxylation is 2. The third-order valence-electron chi connectivity index (χ3n) is 3.98. The van der Waals surface area contributed by atoms with E-state index in [4.69, 9.17) is 4.74 Å². The molecule has 0 saturated heterocycles. The van der Waals surface area contributed by atoms with E-state index in [9.17, 15) is 4.79 Å². The minimum atomic E-state index is -0.336. The van der Waals surface area contributed by atoms with E-state index >= 15 is 0 Å². The molecule has 112 valence electrons. The number of ether oxygens (including phenoxy) is 1. The Morgan fingerprint density at radius 2 is 2.29 bits per heavy atom. The number of carbonyl (C=O) groups is 1. The molecule has 1 fully saturated rings. The Morgan fingerprint density at radius 3 is 2.90 bits per heavy atom. The topological polar surface area (TPSA) is 69.0 Å². The molecule has 0 amide bonds. The lowest BCUT2D eigenvalue weighted by molar-refractivity contribution is 0.0527. The zero-order valence-electron chi connectivity index (χ0n) is 12.6. The molecule has 2 aromatic rings. The van der Waals surface area contributed by atoms with Gasteiger partial charge in [0, 0.05) is 19.3 Å². The maximum absolute atomic E-state index is 12.2. The first-order valence-corrected chi connectivity index (χ1v) is 7.37. The number of nitrogens with one attached hydrogen (secondary N) is 1. The number of aromatic nitrogens is 3. The first kappa shape index (κ1) is 13.9. The minimum Gasteiger partial charge on any atom is -0.462 e. The largest absolute Gasteiger partial charge is 0.462 e. The maximum Gasteiger partial charge on any atom is 0.341 e. The smallest absolute Gasteiger partial charge is 0.341 e. The standard InChI is InChI=1S/C15H20N4O2/c1-4-21-15(20)11-8-16-14-12(9(2)18-19(14)3)13(11)17-10-6-5-7-10/h8,10H,4-7H2,1-3H3,(H,16,17). The molecule has 6 heteroatoms. The van der Waals surface area contributed by atoms with E-state index in [1.165, 1.54) is 6.42 Å². The van der Waals surface area contributed by atoms with Crippen molar-refractivity contribution in [3.63, 3.8) is 0 Å². The fourth-order valence-corrected chi connectivity index (χ4v) is 2.68. The maximum atomic E-state index is 12.2. The molecule has 1 saturated carbocycles. The summed E-state index contributed by atoms with van der Waals surface area (Å²) in [6.45, 7) is 4.09. The van der Waals surface area contributed by atoms with E-state index in [1.807, 2.05) is 14.0 Å². The number of pyridine rings is 1. The number of hydrogen-bond acceptors (Lipinski definition) is 5. The van der Waals surface area contributed by atoms with Gasteiger partial charge in [-0.1, -0.05) is 0 Å². The van der Waals surface area contributed by atoms with Crippen LogP contribution in [-0.4, -0.2) is 33.4 Å². The molecule has 1 N–H and O–H groups in total. The number of esters is 1. The Hall–Kier alpha value is -2.11. The third kappa shape index (κ3) is 2.34. The molecule has 0 unspecified atom stereocenters. The zero-order chi connectivity index (χ0) is 15.0. The zero-order valence-corrected chi connectivity index (χ0v) is 12.6. The van der Waals surface area contributed by atoms with Gasteiger partial charge in [0.2, 0.25) is 0 Å². The molecular formula is C15H20N4O2. The van der Waals surface area contributed by atoms with Gasteiger partial charge in [-0.05, 0) is 33.1 Å². The van der Waals surface area contributed by atoms with Crippen LogP contribution < -0.4 is 5.32 Å². The Kier molecular flexibility index (Phi) is 3.53. The number of carbonyl (C=O) groups excluding carboxylic acids is 1. The van der Waals surface area contributed by atoms with Gasteiger partial charge in [-0.25, -0.2) is 9.78 Å². The summed E-state index contributed by atoms with van der Waals surface area (Å²) in [4.78, 5) is 16.6. The molecule has 2 aromatic heterocycles. The molecule has 0 aliphatic heterocycles. The van der Waals surface area contributed by atoms with Crippen molar-refractivity contribution in [3.05, 3.63) is 17.5 Å². The number of anilines is 1. The van der Waals surface area contributed by atoms with Crippen molar-refractivity contribution in [2.75, 3.05) is 11.9 Å². The van der Waals surface area contributed by atoms with Crippen LogP contribution in [0, 0.1) is 6.92 Å². The summed E-state index contributed by atoms with van der Waals surface area (Å²) in [6.07, 6.45) is 5.08. The van der Waals surface area contributed by atoms with Gasteiger partial charge in [0.1, 0.15) is 5.56 Å². The second kappa shape index (κ2) is 5.35. The highest BCUT2D eigenvalue weighted by atomic mass is 16.5. The number of hydrogen-bond donors (Lipinski definition) is 1. The summed E-state index contributed by atoms with van der Waals surface area (Å²) in [5.41, 5.74) is 2.96. The average molecular weight is 288 g/mol. The predicted octanol–water partition coefficient (Wildman–Crippen LogP) is 2.42. The monoisotopic (exact) mass is 288 g/mol. The molecule has 2 heterocycles. The van der Waals surface area contributed by atoms with E-state index in [0.717, 1.165) is 35.3 Å². The first-order valence-electron chi connectivity index (χ1n) is 7.37. The van der Waals surface area contributed by atoms with Gasteiger partial charge in [0.15, 0.2) is 5.65 Å². The van der Waals surface area contributed by atoms with Crippen molar-refractivity contribution in [1.82, 2.24) is 14.8 Å². The summed E-state index contributed by atoms with van der Waals surface area (Å²) >= 11 is 0. The van der Waals surface area contributed by atoms with E-state index < -0.39 is 0 Å². The van der Waals surface area contributed by atoms with E-state index in [0.29, 0.717) is 18.2 Å². The van der Waals surface area contributed by atoms with Gasteiger partial charge in [0.05, 0.1) is 23.4 Å². The van der Waals surface area contributed by atoms with Crippen LogP contribution in [0.2, 0.25) is 0 Å². The third-order valence-corrected chi connectivity index (χ3v) is 3.98. The molecule has 21 heavy (non-hydrogen) atoms. The van der Waals surface area contributed by atoms with Gasteiger partial charge in [-0.3, -0.25) is 4.68 Å². The van der Waals surface area contributed by atoms with E-state index in [-0.39, 0.29) is 5.97 Å². The second-order valence-electron chi connectivity index (χ2n) is 5.45. The fraction of sp³-hybridized carbons (Fsp3) is 0.533. The van der Waals surface area contributed by atoms with Crippen molar-refractivity contribution in [2.45, 2.75) is 39.2 Å². The summed E-state index contributed by atoms with van der Waals surface area (Å²) in [6, 6.07) is 0.420. The summed E-state index contributed by atoms with van der Waals surface area (Å²) < 4.78 is 6.89. The molecule has 0 atom stereocenters. The lowest BCUT2D eigenvalue weighted by atomic mass is 9.92. The molecule has 0 aromatic carbocycles. The number of fused-ring (bicyclic) bond motifs is 1. The van der Waals surface area contributed by atoms with Crippen molar-refractivity contribution in [1.29, 1.82) is 0 Å². The Bertz CT molecular complexity index is 689. The van der Waals surface area contributed by atoms with Crippen LogP contribution in [0.1, 0.15) is 42.2 Å². The highest BCUT2D eigenvalue weighted by Gasteiger charge is 2.25. The van der Waals surface area contributed by atoms with Crippen molar-refractivity contribution < 1.29 is 9.53 Å². The summed E-state index contributed by atoms with van der Waals surface area (Å²) in [5.74, 6) is -0.336. The Morgan fingerprint density at radius 1 is 1.52 bits per heavy atom. The first-order chi connectivity index (χ1) is 10.1. The van der Waals surface area contributed by atoms with Crippen molar-refractivity contribution >= 4 is 22.7 Å². The minimum absolute atomic E-state index is 0.336. The van der Waals surface area contributed by atoms with Crippen molar-refractivity contribution in [2.24, 2.45) is 7.05 Å². The number of nitrogens with zero attached hydrogens (tertiary/aromatic N) is 3. The van der Waals surface area contributed by atoms with Crippen LogP contribution in [0.4, 0.5) is 5.69 Å². The van der Waals surface area contributed by atoms with Gasteiger partial charge >= 0.3 is 5.97 Å². The predicted molar refractivity (Wildman–Crippen MR) is 80.5 cm³/mol. The molecule has 0 radical (unpaired) electrons. The van der Waals surface area contributed by atoms with Gasteiger partial charge in [-0.15, -0.1) is 0 Å². The van der Waals surface area contributed by atoms with Crippen LogP contribution in [0.5, 0.6) is 0 Å². The molecule has 0 spiro atoms. The van der Waals surface area contributed by atoms with Crippen LogP contribution >= 0.6 is 0 Å². The van der Waals surface area contributed by atoms with Crippen LogP contribution in [-0.2, 0) is 11.8 Å². The average Bonchev–Trinajstić information content (AvgIpc) is 2.69. The van der Waals surface area contributed by atoms with Crippen LogP contribution in [0.15, 0.2) is 6.20 Å². The molecule has 6 nitrogen and oxygen atoms in total. The number of rotatable bonds is 4. The Balaban J connectivity index is 2.14. The molecule has 3 rings (SSSR count). The summed E-state index contributed by atoms with van der Waals surface area (Å²) in [5, 5.41) is 8.81. The lowest BCUT2D eigenvalue weighted by Crippen LogP contribution is -2.28. The molecule has 1 aliphatic rings. The SMILES string of the molecule is CCOC(=O)c1cnc2c(c(C)nn2C)c1NC1CCC1. The van der Waals surface area contributed by atoms with Crippen molar-refractivity contribution in [3.8, 4) is 0 Å². The van der Waals surface area contributed by atoms with Gasteiger partial charge < -0.3 is 10.1 Å². The molecule has 0 bridgehead atoms. The lowest BCUT2D eigenvalue weighted by Gasteiger charge is -2.28. The quantitative estimate of drug-likeness (QED) is 0.875. The van der Waals surface area contributed by atoms with Gasteiger partial charge in [-0.2, -0.15) is 5.10 Å². The van der Waals surface area contributed by atoms with E-state index in [1.54, 1.807) is 17.8 Å². The highest BCUT2D eigenvalue weighted by Crippen LogP contribution is 2.32. The Labute approximate surface area is 123 Å². The van der Waals surface area contributed by atoms with Crippen LogP contribution in [0.25, 0.3) is 11.0 Å². The van der Waals surface area contributed by atoms with Crippen LogP contribution in [0.3, 0.4) is 0 Å². The van der Waals surface area contributed by atoms with E-state index in [2.05, 4.69) is 15.4 Å². The highest BCUT2D eigenvalue weighted by molar-refractivity contribution is 6.05.